The zero-order valence-corrected chi connectivity index (χ0v) is 30.9. The summed E-state index contributed by atoms with van der Waals surface area (Å²) in [6.45, 7) is 40.7. The van der Waals surface area contributed by atoms with Gasteiger partial charge in [-0.3, -0.25) is 9.80 Å². The number of likely N-dealkylation sites (tertiary alicyclic amines) is 1. The highest BCUT2D eigenvalue weighted by molar-refractivity contribution is 4.91. The molecule has 3 unspecified atom stereocenters. The molecule has 1 aliphatic carbocycles. The monoisotopic (exact) mass is 620 g/mol. The first-order chi connectivity index (χ1) is 20.5. The fraction of sp³-hybridized carbons (Fsp3) is 1.00. The van der Waals surface area contributed by atoms with Gasteiger partial charge >= 0.3 is 0 Å². The lowest BCUT2D eigenvalue weighted by molar-refractivity contribution is -0.0438. The third-order valence-corrected chi connectivity index (χ3v) is 11.3. The molecule has 0 aromatic heterocycles. The van der Waals surface area contributed by atoms with Gasteiger partial charge in [-0.2, -0.15) is 0 Å². The molecule has 1 saturated carbocycles. The highest BCUT2D eigenvalue weighted by atomic mass is 16.5. The number of ether oxygens (including phenoxy) is 2. The SMILES string of the molecule is CC(C)(C)OCC1CC1CCN1CCN(C(C)(C)CCC(C)(C)OCCN2CCC(CN3CCN(C(C)(C)C)CC3)C2)CC1. The average Bonchev–Trinajstić information content (AvgIpc) is 3.56. The fourth-order valence-corrected chi connectivity index (χ4v) is 7.67. The Morgan fingerprint density at radius 1 is 0.614 bits per heavy atom. The molecule has 3 aliphatic heterocycles. The Kier molecular flexibility index (Phi) is 12.7. The molecule has 258 valence electrons. The van der Waals surface area contributed by atoms with E-state index >= 15 is 0 Å². The minimum Gasteiger partial charge on any atom is -0.376 e. The number of rotatable bonds is 15. The van der Waals surface area contributed by atoms with E-state index in [2.05, 4.69) is 93.7 Å². The average molecular weight is 620 g/mol. The number of nitrogens with zero attached hydrogens (tertiary/aromatic N) is 5. The molecular formula is C37H73N5O2. The van der Waals surface area contributed by atoms with Crippen LogP contribution in [0.2, 0.25) is 0 Å². The fourth-order valence-electron chi connectivity index (χ4n) is 7.67. The van der Waals surface area contributed by atoms with Gasteiger partial charge in [-0.1, -0.05) is 0 Å². The molecule has 0 aromatic carbocycles. The van der Waals surface area contributed by atoms with Crippen LogP contribution in [0.25, 0.3) is 0 Å². The molecule has 4 aliphatic rings. The second-order valence-corrected chi connectivity index (χ2v) is 18.1. The van der Waals surface area contributed by atoms with Gasteiger partial charge in [0, 0.05) is 83.1 Å². The lowest BCUT2D eigenvalue weighted by Crippen LogP contribution is -2.55. The van der Waals surface area contributed by atoms with Crippen molar-refractivity contribution in [1.82, 2.24) is 24.5 Å². The van der Waals surface area contributed by atoms with Gasteiger partial charge in [0.15, 0.2) is 0 Å². The number of hydrogen-bond acceptors (Lipinski definition) is 7. The van der Waals surface area contributed by atoms with Crippen LogP contribution in [0.15, 0.2) is 0 Å². The van der Waals surface area contributed by atoms with Gasteiger partial charge in [0.1, 0.15) is 0 Å². The van der Waals surface area contributed by atoms with E-state index in [0.717, 1.165) is 43.9 Å². The molecule has 0 spiro atoms. The van der Waals surface area contributed by atoms with Crippen LogP contribution in [-0.2, 0) is 9.47 Å². The first-order valence-electron chi connectivity index (χ1n) is 18.4. The minimum atomic E-state index is -0.0670. The van der Waals surface area contributed by atoms with E-state index in [1.807, 2.05) is 0 Å². The molecule has 7 heteroatoms. The van der Waals surface area contributed by atoms with Crippen molar-refractivity contribution >= 4 is 0 Å². The molecule has 0 bridgehead atoms. The topological polar surface area (TPSA) is 34.7 Å². The Hall–Kier alpha value is -0.280. The summed E-state index contributed by atoms with van der Waals surface area (Å²) in [5.74, 6) is 2.52. The second-order valence-electron chi connectivity index (χ2n) is 18.1. The Bertz CT molecular complexity index is 849. The third-order valence-electron chi connectivity index (χ3n) is 11.3. The summed E-state index contributed by atoms with van der Waals surface area (Å²) in [6, 6.07) is 0. The quantitative estimate of drug-likeness (QED) is 0.238. The van der Waals surface area contributed by atoms with E-state index in [-0.39, 0.29) is 16.7 Å². The van der Waals surface area contributed by atoms with Crippen LogP contribution < -0.4 is 0 Å². The van der Waals surface area contributed by atoms with Crippen LogP contribution in [-0.4, -0.2) is 145 Å². The van der Waals surface area contributed by atoms with Gasteiger partial charge in [0.2, 0.25) is 0 Å². The van der Waals surface area contributed by atoms with Crippen molar-refractivity contribution in [2.45, 2.75) is 124 Å². The summed E-state index contributed by atoms with van der Waals surface area (Å²) in [5, 5.41) is 0. The molecule has 4 rings (SSSR count). The zero-order chi connectivity index (χ0) is 32.2. The predicted octanol–water partition coefficient (Wildman–Crippen LogP) is 5.54. The van der Waals surface area contributed by atoms with Crippen molar-refractivity contribution in [2.75, 3.05) is 98.3 Å². The lowest BCUT2D eigenvalue weighted by Gasteiger charge is -2.45. The van der Waals surface area contributed by atoms with E-state index in [1.165, 1.54) is 104 Å². The standard InChI is InChI=1S/C37H73N5O2/c1-34(2,3)41-21-19-40(20-22-41)29-31-11-15-39(28-31)25-26-43-37(9,10)14-13-36(7,8)42-23-17-38(18-24-42)16-12-32-27-33(32)30-44-35(4,5)6/h31-33H,11-30H2,1-10H3. The molecule has 3 saturated heterocycles. The molecule has 0 radical (unpaired) electrons. The molecular weight excluding hydrogens is 546 g/mol. The molecule has 4 fully saturated rings. The highest BCUT2D eigenvalue weighted by Crippen LogP contribution is 2.42. The van der Waals surface area contributed by atoms with Gasteiger partial charge in [-0.05, 0) is 132 Å². The maximum atomic E-state index is 6.53. The third kappa shape index (κ3) is 12.1. The van der Waals surface area contributed by atoms with Crippen LogP contribution in [0.5, 0.6) is 0 Å². The zero-order valence-electron chi connectivity index (χ0n) is 30.9. The van der Waals surface area contributed by atoms with Crippen LogP contribution >= 0.6 is 0 Å². The summed E-state index contributed by atoms with van der Waals surface area (Å²) < 4.78 is 12.6. The van der Waals surface area contributed by atoms with Crippen LogP contribution in [0, 0.1) is 17.8 Å². The van der Waals surface area contributed by atoms with Gasteiger partial charge in [-0.15, -0.1) is 0 Å². The molecule has 3 heterocycles. The van der Waals surface area contributed by atoms with Crippen molar-refractivity contribution in [1.29, 1.82) is 0 Å². The van der Waals surface area contributed by atoms with E-state index in [4.69, 9.17) is 9.47 Å². The Labute approximate surface area is 273 Å². The van der Waals surface area contributed by atoms with E-state index in [1.54, 1.807) is 0 Å². The van der Waals surface area contributed by atoms with Crippen molar-refractivity contribution in [2.24, 2.45) is 17.8 Å². The van der Waals surface area contributed by atoms with Gasteiger partial charge in [-0.25, -0.2) is 0 Å². The summed E-state index contributed by atoms with van der Waals surface area (Å²) >= 11 is 0. The van der Waals surface area contributed by atoms with E-state index in [0.29, 0.717) is 5.54 Å². The molecule has 0 amide bonds. The van der Waals surface area contributed by atoms with Crippen LogP contribution in [0.3, 0.4) is 0 Å². The Morgan fingerprint density at radius 2 is 1.25 bits per heavy atom. The summed E-state index contributed by atoms with van der Waals surface area (Å²) in [4.78, 5) is 13.4. The van der Waals surface area contributed by atoms with E-state index < -0.39 is 0 Å². The molecule has 3 atom stereocenters. The predicted molar refractivity (Wildman–Crippen MR) is 186 cm³/mol. The molecule has 0 N–H and O–H groups in total. The first-order valence-corrected chi connectivity index (χ1v) is 18.4. The summed E-state index contributed by atoms with van der Waals surface area (Å²) in [5.41, 5.74) is 0.455. The number of hydrogen-bond donors (Lipinski definition) is 0. The van der Waals surface area contributed by atoms with Crippen molar-refractivity contribution in [3.8, 4) is 0 Å². The Morgan fingerprint density at radius 3 is 1.89 bits per heavy atom. The van der Waals surface area contributed by atoms with Crippen LogP contribution in [0.4, 0.5) is 0 Å². The van der Waals surface area contributed by atoms with E-state index in [9.17, 15) is 0 Å². The highest BCUT2D eigenvalue weighted by Gasteiger charge is 2.38. The lowest BCUT2D eigenvalue weighted by atomic mass is 9.89. The number of piperazine rings is 2. The van der Waals surface area contributed by atoms with Gasteiger partial charge in [0.05, 0.1) is 24.4 Å². The largest absolute Gasteiger partial charge is 0.376 e. The molecule has 7 nitrogen and oxygen atoms in total. The van der Waals surface area contributed by atoms with Gasteiger partial charge in [0.25, 0.3) is 0 Å². The molecule has 0 aromatic rings. The maximum Gasteiger partial charge on any atom is 0.0627 e. The van der Waals surface area contributed by atoms with Crippen molar-refractivity contribution < 1.29 is 9.47 Å². The maximum absolute atomic E-state index is 6.53. The van der Waals surface area contributed by atoms with Crippen molar-refractivity contribution in [3.63, 3.8) is 0 Å². The van der Waals surface area contributed by atoms with Crippen LogP contribution in [0.1, 0.15) is 101 Å². The summed E-state index contributed by atoms with van der Waals surface area (Å²) in [6.07, 6.45) is 6.36. The molecule has 44 heavy (non-hydrogen) atoms. The second kappa shape index (κ2) is 15.3. The normalized spacial score (nSPS) is 27.8. The van der Waals surface area contributed by atoms with Gasteiger partial charge < -0.3 is 24.2 Å². The van der Waals surface area contributed by atoms with Crippen molar-refractivity contribution in [3.05, 3.63) is 0 Å². The first kappa shape index (κ1) is 36.6. The minimum absolute atomic E-state index is 0.00204. The summed E-state index contributed by atoms with van der Waals surface area (Å²) in [7, 11) is 0. The Balaban J connectivity index is 1.05. The smallest absolute Gasteiger partial charge is 0.0627 e.